The average molecular weight is 154 g/mol. The Bertz CT molecular complexity index is 305. The normalized spacial score (nSPS) is 9.67. The fourth-order valence-electron chi connectivity index (χ4n) is 0.954. The van der Waals surface area contributed by atoms with Crippen LogP contribution in [-0.2, 0) is 0 Å². The zero-order valence-electron chi connectivity index (χ0n) is 6.36. The molecule has 2 rings (SSSR count). The van der Waals surface area contributed by atoms with Gasteiger partial charge >= 0.3 is 0 Å². The van der Waals surface area contributed by atoms with Crippen molar-refractivity contribution in [1.29, 1.82) is 0 Å². The topological polar surface area (TPSA) is 25.8 Å². The van der Waals surface area contributed by atoms with Crippen LogP contribution in [0.15, 0.2) is 36.7 Å². The highest BCUT2D eigenvalue weighted by Gasteiger charge is 1.94. The van der Waals surface area contributed by atoms with E-state index in [1.807, 2.05) is 12.1 Å². The van der Waals surface area contributed by atoms with Crippen molar-refractivity contribution in [3.05, 3.63) is 48.9 Å². The number of rotatable bonds is 1. The molecule has 0 amide bonds. The minimum absolute atomic E-state index is 0.888. The smallest absolute Gasteiger partial charge is 0.0886 e. The predicted octanol–water partition coefficient (Wildman–Crippen LogP) is 1.74. The molecule has 2 heterocycles. The summed E-state index contributed by atoms with van der Waals surface area (Å²) >= 11 is 0. The molecule has 0 aromatic carbocycles. The van der Waals surface area contributed by atoms with Crippen molar-refractivity contribution in [1.82, 2.24) is 9.97 Å². The van der Waals surface area contributed by atoms with Gasteiger partial charge in [-0.25, -0.2) is 0 Å². The van der Waals surface area contributed by atoms with Crippen LogP contribution in [0.3, 0.4) is 0 Å². The fourth-order valence-corrected chi connectivity index (χ4v) is 0.954. The Morgan fingerprint density at radius 3 is 2.92 bits per heavy atom. The van der Waals surface area contributed by atoms with Gasteiger partial charge in [-0.1, -0.05) is 0 Å². The summed E-state index contributed by atoms with van der Waals surface area (Å²) in [5, 5.41) is 0. The SMILES string of the molecule is [c]1ccnc(-c2cc[c]nc2)c1. The highest BCUT2D eigenvalue weighted by Crippen LogP contribution is 2.12. The summed E-state index contributed by atoms with van der Waals surface area (Å²) in [7, 11) is 0. The molecule has 0 N–H and O–H groups in total. The van der Waals surface area contributed by atoms with Gasteiger partial charge in [0.15, 0.2) is 0 Å². The summed E-state index contributed by atoms with van der Waals surface area (Å²) in [6.07, 6.45) is 6.16. The van der Waals surface area contributed by atoms with E-state index in [9.17, 15) is 0 Å². The fraction of sp³-hybridized carbons (Fsp3) is 0. The molecule has 0 aliphatic rings. The lowest BCUT2D eigenvalue weighted by Crippen LogP contribution is -1.81. The van der Waals surface area contributed by atoms with Crippen molar-refractivity contribution in [2.45, 2.75) is 0 Å². The Kier molecular flexibility index (Phi) is 1.82. The van der Waals surface area contributed by atoms with Gasteiger partial charge < -0.3 is 0 Å². The van der Waals surface area contributed by atoms with Gasteiger partial charge in [0.25, 0.3) is 0 Å². The Morgan fingerprint density at radius 1 is 1.25 bits per heavy atom. The van der Waals surface area contributed by atoms with Gasteiger partial charge in [-0.3, -0.25) is 9.97 Å². The van der Waals surface area contributed by atoms with E-state index in [0.717, 1.165) is 11.3 Å². The minimum Gasteiger partial charge on any atom is -0.256 e. The lowest BCUT2D eigenvalue weighted by Gasteiger charge is -1.96. The van der Waals surface area contributed by atoms with E-state index in [0.29, 0.717) is 0 Å². The van der Waals surface area contributed by atoms with Crippen LogP contribution in [0.2, 0.25) is 0 Å². The second-order valence-corrected chi connectivity index (χ2v) is 2.32. The van der Waals surface area contributed by atoms with E-state index in [1.54, 1.807) is 24.5 Å². The van der Waals surface area contributed by atoms with Gasteiger partial charge in [0, 0.05) is 18.0 Å². The van der Waals surface area contributed by atoms with E-state index in [1.165, 1.54) is 0 Å². The summed E-state index contributed by atoms with van der Waals surface area (Å²) in [6.45, 7) is 0. The van der Waals surface area contributed by atoms with Gasteiger partial charge in [0.05, 0.1) is 11.9 Å². The maximum Gasteiger partial charge on any atom is 0.0886 e. The molecule has 0 unspecified atom stereocenters. The molecule has 56 valence electrons. The van der Waals surface area contributed by atoms with Crippen molar-refractivity contribution in [3.63, 3.8) is 0 Å². The number of hydrogen-bond donors (Lipinski definition) is 0. The maximum atomic E-state index is 4.16. The predicted molar refractivity (Wildman–Crippen MR) is 45.1 cm³/mol. The standard InChI is InChI=1S/C10H6N2/c1-2-7-12-10(5-1)9-4-3-6-11-8-9/h2-5,7-8H. The van der Waals surface area contributed by atoms with E-state index in [-0.39, 0.29) is 0 Å². The second kappa shape index (κ2) is 3.13. The Labute approximate surface area is 70.9 Å². The lowest BCUT2D eigenvalue weighted by atomic mass is 10.2. The summed E-state index contributed by atoms with van der Waals surface area (Å²) in [6, 6.07) is 10.2. The van der Waals surface area contributed by atoms with E-state index < -0.39 is 0 Å². The van der Waals surface area contributed by atoms with Gasteiger partial charge in [0.1, 0.15) is 0 Å². The first-order valence-corrected chi connectivity index (χ1v) is 3.61. The third-order valence-corrected chi connectivity index (χ3v) is 1.52. The monoisotopic (exact) mass is 154 g/mol. The zero-order valence-corrected chi connectivity index (χ0v) is 6.36. The highest BCUT2D eigenvalue weighted by atomic mass is 14.7. The van der Waals surface area contributed by atoms with Gasteiger partial charge in [0.2, 0.25) is 0 Å². The number of aromatic nitrogens is 2. The molecule has 0 aliphatic heterocycles. The molecule has 2 heteroatoms. The molecule has 2 nitrogen and oxygen atoms in total. The lowest BCUT2D eigenvalue weighted by molar-refractivity contribution is 1.27. The first kappa shape index (κ1) is 6.98. The Morgan fingerprint density at radius 2 is 2.25 bits per heavy atom. The van der Waals surface area contributed by atoms with Crippen LogP contribution < -0.4 is 0 Å². The molecule has 0 spiro atoms. The van der Waals surface area contributed by atoms with Crippen LogP contribution >= 0.6 is 0 Å². The van der Waals surface area contributed by atoms with E-state index >= 15 is 0 Å². The van der Waals surface area contributed by atoms with Crippen molar-refractivity contribution in [3.8, 4) is 11.3 Å². The first-order valence-electron chi connectivity index (χ1n) is 3.61. The molecular formula is C10H6N2. The molecule has 2 radical (unpaired) electrons. The van der Waals surface area contributed by atoms with Gasteiger partial charge in [-0.2, -0.15) is 0 Å². The van der Waals surface area contributed by atoms with Gasteiger partial charge in [-0.05, 0) is 30.3 Å². The average Bonchev–Trinajstić information content (AvgIpc) is 2.21. The number of hydrogen-bond acceptors (Lipinski definition) is 2. The second-order valence-electron chi connectivity index (χ2n) is 2.32. The molecule has 2 aromatic heterocycles. The quantitative estimate of drug-likeness (QED) is 0.625. The van der Waals surface area contributed by atoms with E-state index in [4.69, 9.17) is 0 Å². The Balaban J connectivity index is 2.46. The van der Waals surface area contributed by atoms with Crippen LogP contribution in [0.5, 0.6) is 0 Å². The van der Waals surface area contributed by atoms with Gasteiger partial charge in [-0.15, -0.1) is 0 Å². The molecule has 0 saturated heterocycles. The van der Waals surface area contributed by atoms with Crippen molar-refractivity contribution >= 4 is 0 Å². The molecule has 0 aliphatic carbocycles. The zero-order chi connectivity index (χ0) is 8.23. The van der Waals surface area contributed by atoms with Crippen molar-refractivity contribution < 1.29 is 0 Å². The largest absolute Gasteiger partial charge is 0.256 e. The molecular weight excluding hydrogens is 148 g/mol. The Hall–Kier alpha value is -1.70. The third kappa shape index (κ3) is 1.32. The third-order valence-electron chi connectivity index (χ3n) is 1.52. The first-order chi connectivity index (χ1) is 5.97. The number of pyridine rings is 2. The van der Waals surface area contributed by atoms with Crippen molar-refractivity contribution in [2.24, 2.45) is 0 Å². The summed E-state index contributed by atoms with van der Waals surface area (Å²) in [5.74, 6) is 0. The van der Waals surface area contributed by atoms with Crippen LogP contribution in [0.4, 0.5) is 0 Å². The summed E-state index contributed by atoms with van der Waals surface area (Å²) in [5.41, 5.74) is 1.88. The molecule has 12 heavy (non-hydrogen) atoms. The summed E-state index contributed by atoms with van der Waals surface area (Å²) < 4.78 is 0. The highest BCUT2D eigenvalue weighted by molar-refractivity contribution is 5.56. The molecule has 0 bridgehead atoms. The van der Waals surface area contributed by atoms with Crippen LogP contribution in [0.1, 0.15) is 0 Å². The molecule has 0 fully saturated rings. The summed E-state index contributed by atoms with van der Waals surface area (Å²) in [4.78, 5) is 8.05. The van der Waals surface area contributed by atoms with Crippen LogP contribution in [0.25, 0.3) is 11.3 Å². The number of nitrogens with zero attached hydrogens (tertiary/aromatic N) is 2. The molecule has 0 saturated carbocycles. The minimum atomic E-state index is 0.888. The van der Waals surface area contributed by atoms with Crippen molar-refractivity contribution in [2.75, 3.05) is 0 Å². The van der Waals surface area contributed by atoms with E-state index in [2.05, 4.69) is 22.2 Å². The maximum absolute atomic E-state index is 4.16. The molecule has 0 atom stereocenters. The molecule has 2 aromatic rings. The van der Waals surface area contributed by atoms with Crippen LogP contribution in [0, 0.1) is 12.3 Å². The van der Waals surface area contributed by atoms with Crippen LogP contribution in [-0.4, -0.2) is 9.97 Å².